The molecule has 1 aliphatic heterocycles. The standard InChI is InChI=1S/C21H21ClN4O4S2/c1-12-4-9-17-15(10-12)16(11-21(2,3)30-17)26-32(28,29)20-25-24-19(31-20)23-18(27)13-5-7-14(22)8-6-13/h4-10,16,26H,11H2,1-3H3,(H,23,24,27)/t16-/m0/s1. The molecule has 2 heterocycles. The molecular weight excluding hydrogens is 472 g/mol. The summed E-state index contributed by atoms with van der Waals surface area (Å²) in [6.45, 7) is 5.75. The number of rotatable bonds is 5. The van der Waals surface area contributed by atoms with E-state index in [-0.39, 0.29) is 9.47 Å². The Kier molecular flexibility index (Phi) is 5.97. The second-order valence-electron chi connectivity index (χ2n) is 8.12. The van der Waals surface area contributed by atoms with Crippen LogP contribution in [0.15, 0.2) is 46.8 Å². The van der Waals surface area contributed by atoms with Crippen molar-refractivity contribution in [1.29, 1.82) is 0 Å². The molecule has 2 N–H and O–H groups in total. The number of nitrogens with one attached hydrogen (secondary N) is 2. The number of hydrogen-bond acceptors (Lipinski definition) is 7. The summed E-state index contributed by atoms with van der Waals surface area (Å²) in [6.07, 6.45) is 0.446. The fraction of sp³-hybridized carbons (Fsp3) is 0.286. The molecule has 0 spiro atoms. The number of carbonyl (C=O) groups is 1. The number of sulfonamides is 1. The lowest BCUT2D eigenvalue weighted by atomic mass is 9.89. The molecule has 0 radical (unpaired) electrons. The molecule has 3 aromatic rings. The van der Waals surface area contributed by atoms with Crippen LogP contribution in [0.2, 0.25) is 5.02 Å². The average Bonchev–Trinajstić information content (AvgIpc) is 3.18. The molecule has 168 valence electrons. The molecule has 32 heavy (non-hydrogen) atoms. The van der Waals surface area contributed by atoms with E-state index < -0.39 is 27.6 Å². The molecule has 0 saturated heterocycles. The van der Waals surface area contributed by atoms with Gasteiger partial charge < -0.3 is 4.74 Å². The van der Waals surface area contributed by atoms with Crippen molar-refractivity contribution in [3.8, 4) is 5.75 Å². The van der Waals surface area contributed by atoms with E-state index >= 15 is 0 Å². The second-order valence-corrected chi connectivity index (χ2v) is 11.4. The van der Waals surface area contributed by atoms with Crippen LogP contribution in [0, 0.1) is 6.92 Å². The number of halogens is 1. The maximum Gasteiger partial charge on any atom is 0.270 e. The third kappa shape index (κ3) is 4.93. The predicted octanol–water partition coefficient (Wildman–Crippen LogP) is 4.33. The summed E-state index contributed by atoms with van der Waals surface area (Å²) in [6, 6.07) is 11.5. The number of benzene rings is 2. The van der Waals surface area contributed by atoms with Gasteiger partial charge in [-0.2, -0.15) is 0 Å². The predicted molar refractivity (Wildman–Crippen MR) is 123 cm³/mol. The fourth-order valence-corrected chi connectivity index (χ4v) is 5.71. The minimum absolute atomic E-state index is 0.0777. The average molecular weight is 493 g/mol. The first-order valence-electron chi connectivity index (χ1n) is 9.75. The van der Waals surface area contributed by atoms with Crippen LogP contribution in [0.5, 0.6) is 5.75 Å². The number of ether oxygens (including phenoxy) is 1. The van der Waals surface area contributed by atoms with Crippen molar-refractivity contribution in [3.63, 3.8) is 0 Å². The third-order valence-corrected chi connectivity index (χ3v) is 7.81. The first-order valence-corrected chi connectivity index (χ1v) is 12.4. The lowest BCUT2D eigenvalue weighted by molar-refractivity contribution is 0.0701. The number of aromatic nitrogens is 2. The van der Waals surface area contributed by atoms with E-state index in [1.54, 1.807) is 24.3 Å². The summed E-state index contributed by atoms with van der Waals surface area (Å²) in [4.78, 5) is 12.3. The van der Waals surface area contributed by atoms with Crippen LogP contribution in [0.4, 0.5) is 5.13 Å². The summed E-state index contributed by atoms with van der Waals surface area (Å²) >= 11 is 6.61. The van der Waals surface area contributed by atoms with Crippen molar-refractivity contribution in [3.05, 3.63) is 64.2 Å². The van der Waals surface area contributed by atoms with Crippen LogP contribution in [-0.4, -0.2) is 30.1 Å². The van der Waals surface area contributed by atoms with E-state index in [2.05, 4.69) is 20.2 Å². The highest BCUT2D eigenvalue weighted by atomic mass is 35.5. The number of fused-ring (bicyclic) bond motifs is 1. The quantitative estimate of drug-likeness (QED) is 0.513. The molecule has 0 aliphatic carbocycles. The highest BCUT2D eigenvalue weighted by molar-refractivity contribution is 7.91. The topological polar surface area (TPSA) is 110 Å². The van der Waals surface area contributed by atoms with E-state index in [9.17, 15) is 13.2 Å². The molecule has 1 aromatic heterocycles. The zero-order chi connectivity index (χ0) is 23.1. The van der Waals surface area contributed by atoms with Gasteiger partial charge in [-0.25, -0.2) is 13.1 Å². The van der Waals surface area contributed by atoms with Crippen LogP contribution in [-0.2, 0) is 10.0 Å². The third-order valence-electron chi connectivity index (χ3n) is 4.88. The van der Waals surface area contributed by atoms with Crippen molar-refractivity contribution in [2.24, 2.45) is 0 Å². The van der Waals surface area contributed by atoms with Gasteiger partial charge in [0.05, 0.1) is 6.04 Å². The van der Waals surface area contributed by atoms with Gasteiger partial charge in [0.2, 0.25) is 9.47 Å². The van der Waals surface area contributed by atoms with Gasteiger partial charge in [-0.05, 0) is 51.1 Å². The van der Waals surface area contributed by atoms with Crippen LogP contribution >= 0.6 is 22.9 Å². The van der Waals surface area contributed by atoms with Gasteiger partial charge in [-0.3, -0.25) is 10.1 Å². The lowest BCUT2D eigenvalue weighted by Gasteiger charge is -2.37. The highest BCUT2D eigenvalue weighted by Gasteiger charge is 2.37. The van der Waals surface area contributed by atoms with Crippen LogP contribution in [0.1, 0.15) is 47.8 Å². The smallest absolute Gasteiger partial charge is 0.270 e. The van der Waals surface area contributed by atoms with Crippen molar-refractivity contribution in [1.82, 2.24) is 14.9 Å². The molecule has 0 saturated carbocycles. The molecule has 2 aromatic carbocycles. The Morgan fingerprint density at radius 3 is 2.62 bits per heavy atom. The van der Waals surface area contributed by atoms with E-state index in [0.717, 1.165) is 22.5 Å². The zero-order valence-electron chi connectivity index (χ0n) is 17.5. The molecule has 0 bridgehead atoms. The molecule has 0 fully saturated rings. The minimum atomic E-state index is -3.98. The Morgan fingerprint density at radius 2 is 1.91 bits per heavy atom. The SMILES string of the molecule is Cc1ccc2c(c1)[C@@H](NS(=O)(=O)c1nnc(NC(=O)c3ccc(Cl)cc3)s1)CC(C)(C)O2. The van der Waals surface area contributed by atoms with Crippen LogP contribution in [0.3, 0.4) is 0 Å². The monoisotopic (exact) mass is 492 g/mol. The van der Waals surface area contributed by atoms with Gasteiger partial charge in [-0.1, -0.05) is 40.6 Å². The Labute approximate surface area is 195 Å². The lowest BCUT2D eigenvalue weighted by Crippen LogP contribution is -2.41. The van der Waals surface area contributed by atoms with Gasteiger partial charge in [0.15, 0.2) is 0 Å². The summed E-state index contributed by atoms with van der Waals surface area (Å²) in [5.74, 6) is 0.207. The second kappa shape index (κ2) is 8.43. The summed E-state index contributed by atoms with van der Waals surface area (Å²) in [5, 5.41) is 10.7. The summed E-state index contributed by atoms with van der Waals surface area (Å²) in [5.41, 5.74) is 1.59. The van der Waals surface area contributed by atoms with Gasteiger partial charge in [0.25, 0.3) is 15.9 Å². The Balaban J connectivity index is 1.54. The molecule has 1 aliphatic rings. The summed E-state index contributed by atoms with van der Waals surface area (Å²) in [7, 11) is -3.98. The number of nitrogens with zero attached hydrogens (tertiary/aromatic N) is 2. The van der Waals surface area contributed by atoms with E-state index in [0.29, 0.717) is 22.8 Å². The van der Waals surface area contributed by atoms with Gasteiger partial charge in [0, 0.05) is 22.6 Å². The maximum absolute atomic E-state index is 13.0. The van der Waals surface area contributed by atoms with E-state index in [4.69, 9.17) is 16.3 Å². The highest BCUT2D eigenvalue weighted by Crippen LogP contribution is 2.40. The van der Waals surface area contributed by atoms with E-state index in [1.165, 1.54) is 0 Å². The number of anilines is 1. The first kappa shape index (κ1) is 22.7. The van der Waals surface area contributed by atoms with Crippen molar-refractivity contribution < 1.29 is 17.9 Å². The normalized spacial score (nSPS) is 17.3. The number of amides is 1. The number of carbonyl (C=O) groups excluding carboxylic acids is 1. The number of aryl methyl sites for hydroxylation is 1. The number of hydrogen-bond donors (Lipinski definition) is 2. The molecule has 1 amide bonds. The van der Waals surface area contributed by atoms with Crippen molar-refractivity contribution in [2.75, 3.05) is 5.32 Å². The van der Waals surface area contributed by atoms with Crippen LogP contribution in [0.25, 0.3) is 0 Å². The van der Waals surface area contributed by atoms with Gasteiger partial charge in [0.1, 0.15) is 11.4 Å². The molecule has 1 atom stereocenters. The Morgan fingerprint density at radius 1 is 1.19 bits per heavy atom. The largest absolute Gasteiger partial charge is 0.487 e. The zero-order valence-corrected chi connectivity index (χ0v) is 19.9. The minimum Gasteiger partial charge on any atom is -0.487 e. The van der Waals surface area contributed by atoms with E-state index in [1.807, 2.05) is 39.0 Å². The Bertz CT molecular complexity index is 1270. The molecule has 0 unspecified atom stereocenters. The van der Waals surface area contributed by atoms with Crippen LogP contribution < -0.4 is 14.8 Å². The van der Waals surface area contributed by atoms with Gasteiger partial charge in [-0.15, -0.1) is 10.2 Å². The van der Waals surface area contributed by atoms with Crippen molar-refractivity contribution in [2.45, 2.75) is 43.2 Å². The fourth-order valence-electron chi connectivity index (χ4n) is 3.46. The molecular formula is C21H21ClN4O4S2. The van der Waals surface area contributed by atoms with Crippen molar-refractivity contribution >= 4 is 44.0 Å². The molecule has 4 rings (SSSR count). The first-order chi connectivity index (χ1) is 15.0. The maximum atomic E-state index is 13.0. The molecule has 8 nitrogen and oxygen atoms in total. The van der Waals surface area contributed by atoms with Gasteiger partial charge >= 0.3 is 0 Å². The summed E-state index contributed by atoms with van der Waals surface area (Å²) < 4.78 is 34.6. The molecule has 11 heteroatoms. The Hall–Kier alpha value is -2.53.